The lowest BCUT2D eigenvalue weighted by atomic mass is 10.0. The number of carbonyl (C=O) groups is 1. The van der Waals surface area contributed by atoms with Crippen molar-refractivity contribution in [2.24, 2.45) is 5.90 Å². The first-order chi connectivity index (χ1) is 12.8. The molecule has 0 saturated carbocycles. The molecule has 27 heavy (non-hydrogen) atoms. The minimum atomic E-state index is -4.10. The molecule has 0 spiro atoms. The van der Waals surface area contributed by atoms with Crippen LogP contribution in [0.4, 0.5) is 0 Å². The van der Waals surface area contributed by atoms with Gasteiger partial charge < -0.3 is 4.74 Å². The Balaban J connectivity index is 2.71. The van der Waals surface area contributed by atoms with Gasteiger partial charge in [-0.1, -0.05) is 64.5 Å². The molecule has 0 amide bonds. The normalized spacial score (nSPS) is 13.2. The van der Waals surface area contributed by atoms with Crippen LogP contribution in [0.2, 0.25) is 0 Å². The summed E-state index contributed by atoms with van der Waals surface area (Å²) in [7, 11) is -4.10. The zero-order valence-corrected chi connectivity index (χ0v) is 17.1. The molecule has 0 aliphatic heterocycles. The quantitative estimate of drug-likeness (QED) is 0.128. The number of ether oxygens (including phenoxy) is 1. The average Bonchev–Trinajstić information content (AvgIpc) is 2.64. The lowest BCUT2D eigenvalue weighted by Crippen LogP contribution is -2.19. The fourth-order valence-corrected chi connectivity index (χ4v) is 3.59. The predicted molar refractivity (Wildman–Crippen MR) is 105 cm³/mol. The third kappa shape index (κ3) is 8.34. The van der Waals surface area contributed by atoms with Gasteiger partial charge in [-0.15, -0.1) is 0 Å². The molecule has 2 N–H and O–H groups in total. The number of esters is 1. The van der Waals surface area contributed by atoms with E-state index in [9.17, 15) is 13.6 Å². The molecule has 0 aliphatic rings. The standard InChI is InChI=1S/C20H31NO5S/c1-4-5-6-7-8-9-10-11-12-17-13-14-18(25-20(22)16(2)3)15-19(17)27(23,24)26-21/h13-15H,2,4-12,21H2,1,3H3/q+1. The molecule has 0 bridgehead atoms. The third-order valence-corrected chi connectivity index (χ3v) is 5.47. The molecule has 0 aromatic heterocycles. The van der Waals surface area contributed by atoms with Crippen LogP contribution in [0.1, 0.15) is 70.8 Å². The first-order valence-electron chi connectivity index (χ1n) is 9.45. The molecule has 0 fully saturated rings. The Bertz CT molecular complexity index is 674. The van der Waals surface area contributed by atoms with E-state index in [0.29, 0.717) is 12.0 Å². The predicted octanol–water partition coefficient (Wildman–Crippen LogP) is 4.86. The zero-order chi connectivity index (χ0) is 20.3. The second kappa shape index (κ2) is 12.0. The van der Waals surface area contributed by atoms with Crippen molar-refractivity contribution in [2.75, 3.05) is 0 Å². The van der Waals surface area contributed by atoms with Crippen LogP contribution in [0.3, 0.4) is 0 Å². The summed E-state index contributed by atoms with van der Waals surface area (Å²) in [5.74, 6) is 4.42. The van der Waals surface area contributed by atoms with E-state index in [0.717, 1.165) is 19.3 Å². The minimum absolute atomic E-state index is 0.0695. The van der Waals surface area contributed by atoms with Gasteiger partial charge in [0, 0.05) is 17.2 Å². The Hall–Kier alpha value is -1.54. The van der Waals surface area contributed by atoms with Crippen LogP contribution in [0, 0.1) is 0 Å². The second-order valence-electron chi connectivity index (χ2n) is 6.71. The fraction of sp³-hybridized carbons (Fsp3) is 0.550. The van der Waals surface area contributed by atoms with E-state index in [1.54, 1.807) is 12.1 Å². The number of hydrogen-bond donors (Lipinski definition) is 1. The molecule has 7 heteroatoms. The van der Waals surface area contributed by atoms with Crippen molar-refractivity contribution in [3.05, 3.63) is 35.9 Å². The van der Waals surface area contributed by atoms with E-state index >= 15 is 0 Å². The van der Waals surface area contributed by atoms with E-state index in [1.165, 1.54) is 45.1 Å². The summed E-state index contributed by atoms with van der Waals surface area (Å²) in [5, 5.41) is 0. The molecule has 1 aromatic carbocycles. The molecule has 1 rings (SSSR count). The van der Waals surface area contributed by atoms with Crippen molar-refractivity contribution in [1.29, 1.82) is 0 Å². The van der Waals surface area contributed by atoms with Crippen molar-refractivity contribution >= 4 is 16.5 Å². The molecule has 1 aromatic rings. The van der Waals surface area contributed by atoms with Gasteiger partial charge in [0.05, 0.1) is 4.55 Å². The Morgan fingerprint density at radius 3 is 2.26 bits per heavy atom. The van der Waals surface area contributed by atoms with Gasteiger partial charge in [-0.05, 0) is 34.3 Å². The molecule has 0 saturated heterocycles. The summed E-state index contributed by atoms with van der Waals surface area (Å²) in [5.41, 5.74) is 0.819. The lowest BCUT2D eigenvalue weighted by molar-refractivity contribution is -0.130. The Labute approximate surface area is 163 Å². The van der Waals surface area contributed by atoms with Crippen molar-refractivity contribution in [2.45, 2.75) is 76.5 Å². The molecule has 6 nitrogen and oxygen atoms in total. The average molecular weight is 398 g/mol. The van der Waals surface area contributed by atoms with Gasteiger partial charge in [0.1, 0.15) is 5.75 Å². The van der Waals surface area contributed by atoms with Crippen molar-refractivity contribution in [3.63, 3.8) is 0 Å². The Kier molecular flexibility index (Phi) is 10.5. The third-order valence-electron chi connectivity index (χ3n) is 4.29. The fourth-order valence-electron chi connectivity index (χ4n) is 2.73. The number of hydrogen-bond acceptors (Lipinski definition) is 5. The highest BCUT2D eigenvalue weighted by Crippen LogP contribution is 2.28. The highest BCUT2D eigenvalue weighted by atomic mass is 32.3. The maximum atomic E-state index is 12.1. The number of carbonyl (C=O) groups excluding carboxylic acids is 1. The highest BCUT2D eigenvalue weighted by molar-refractivity contribution is 7.93. The van der Waals surface area contributed by atoms with E-state index in [1.807, 2.05) is 0 Å². The second-order valence-corrected chi connectivity index (χ2v) is 8.26. The van der Waals surface area contributed by atoms with E-state index in [2.05, 4.69) is 17.8 Å². The highest BCUT2D eigenvalue weighted by Gasteiger charge is 2.37. The molecular weight excluding hydrogens is 366 g/mol. The molecule has 151 valence electrons. The van der Waals surface area contributed by atoms with Gasteiger partial charge in [-0.3, -0.25) is 0 Å². The Morgan fingerprint density at radius 1 is 1.11 bits per heavy atom. The maximum Gasteiger partial charge on any atom is 0.447 e. The van der Waals surface area contributed by atoms with Gasteiger partial charge in [0.25, 0.3) is 0 Å². The van der Waals surface area contributed by atoms with E-state index in [-0.39, 0.29) is 16.2 Å². The maximum absolute atomic E-state index is 12.1. The topological polar surface area (TPSA) is 98.5 Å². The summed E-state index contributed by atoms with van der Waals surface area (Å²) < 4.78 is 33.5. The number of nitrogens with two attached hydrogens (primary N) is 1. The number of benzene rings is 1. The largest absolute Gasteiger partial charge is 0.447 e. The van der Waals surface area contributed by atoms with Crippen LogP contribution in [-0.2, 0) is 34.8 Å². The summed E-state index contributed by atoms with van der Waals surface area (Å²) >= 11 is 0. The molecule has 1 unspecified atom stereocenters. The van der Waals surface area contributed by atoms with Gasteiger partial charge in [0.2, 0.25) is 4.90 Å². The van der Waals surface area contributed by atoms with Crippen molar-refractivity contribution < 1.29 is 22.6 Å². The van der Waals surface area contributed by atoms with Crippen LogP contribution >= 0.6 is 0 Å². The van der Waals surface area contributed by atoms with Crippen LogP contribution in [0.25, 0.3) is 0 Å². The van der Waals surface area contributed by atoms with Gasteiger partial charge >= 0.3 is 16.5 Å². The summed E-state index contributed by atoms with van der Waals surface area (Å²) in [6, 6.07) is 4.47. The smallest absolute Gasteiger partial charge is 0.423 e. The summed E-state index contributed by atoms with van der Waals surface area (Å²) in [4.78, 5) is 11.6. The van der Waals surface area contributed by atoms with Crippen LogP contribution in [-0.4, -0.2) is 5.97 Å². The molecule has 1 radical (unpaired) electrons. The van der Waals surface area contributed by atoms with E-state index < -0.39 is 16.5 Å². The summed E-state index contributed by atoms with van der Waals surface area (Å²) in [6.07, 6.45) is 9.85. The van der Waals surface area contributed by atoms with Gasteiger partial charge in [0.15, 0.2) is 0 Å². The van der Waals surface area contributed by atoms with Gasteiger partial charge in [-0.2, -0.15) is 5.90 Å². The molecule has 0 aliphatic carbocycles. The number of rotatable bonds is 13. The van der Waals surface area contributed by atoms with Crippen LogP contribution < -0.4 is 10.6 Å². The number of aryl methyl sites for hydroxylation is 1. The van der Waals surface area contributed by atoms with Crippen LogP contribution in [0.5, 0.6) is 5.75 Å². The van der Waals surface area contributed by atoms with Crippen molar-refractivity contribution in [3.8, 4) is 5.75 Å². The van der Waals surface area contributed by atoms with Gasteiger partial charge in [-0.25, -0.2) is 4.79 Å². The van der Waals surface area contributed by atoms with Crippen LogP contribution in [0.15, 0.2) is 35.2 Å². The SMILES string of the molecule is C=C(C)C(=O)Oc1ccc(CCCCCCCCCC)c([S+]([O])(=O)ON)c1. The monoisotopic (exact) mass is 397 g/mol. The van der Waals surface area contributed by atoms with Crippen molar-refractivity contribution in [1.82, 2.24) is 0 Å². The molecule has 0 heterocycles. The lowest BCUT2D eigenvalue weighted by Gasteiger charge is -2.09. The number of unbranched alkanes of at least 4 members (excludes halogenated alkanes) is 7. The Morgan fingerprint density at radius 2 is 1.70 bits per heavy atom. The molecular formula is C20H31NO5S+. The first-order valence-corrected chi connectivity index (χ1v) is 10.9. The first kappa shape index (κ1) is 23.5. The molecule has 1 atom stereocenters. The summed E-state index contributed by atoms with van der Waals surface area (Å²) in [6.45, 7) is 7.21. The minimum Gasteiger partial charge on any atom is -0.423 e. The van der Waals surface area contributed by atoms with E-state index in [4.69, 9.17) is 10.6 Å². The zero-order valence-electron chi connectivity index (χ0n) is 16.3.